The van der Waals surface area contributed by atoms with Crippen molar-refractivity contribution < 1.29 is 4.74 Å². The summed E-state index contributed by atoms with van der Waals surface area (Å²) in [7, 11) is 0. The highest BCUT2D eigenvalue weighted by atomic mass is 16.5. The van der Waals surface area contributed by atoms with E-state index in [2.05, 4.69) is 41.2 Å². The molecule has 182 valence electrons. The van der Waals surface area contributed by atoms with Crippen LogP contribution >= 0.6 is 0 Å². The van der Waals surface area contributed by atoms with Crippen LogP contribution in [-0.2, 0) is 6.42 Å². The van der Waals surface area contributed by atoms with E-state index in [0.717, 1.165) is 36.1 Å². The maximum Gasteiger partial charge on any atom is 0.159 e. The summed E-state index contributed by atoms with van der Waals surface area (Å²) < 4.78 is 5.83. The van der Waals surface area contributed by atoms with Gasteiger partial charge < -0.3 is 4.74 Å². The molecular weight excluding hydrogens is 404 g/mol. The highest BCUT2D eigenvalue weighted by Gasteiger charge is 2.12. The molecule has 0 spiro atoms. The lowest BCUT2D eigenvalue weighted by atomic mass is 9.85. The summed E-state index contributed by atoms with van der Waals surface area (Å²) in [5.41, 5.74) is 2.50. The SMILES string of the molecule is CCCCCCCCCCOc1cnc(-c2ccc(CCCCC3CCCCC3)cc2)nc1. The first-order valence-corrected chi connectivity index (χ1v) is 13.9. The van der Waals surface area contributed by atoms with Crippen molar-refractivity contribution in [3.63, 3.8) is 0 Å². The fourth-order valence-electron chi connectivity index (χ4n) is 5.02. The van der Waals surface area contributed by atoms with Gasteiger partial charge in [-0.1, -0.05) is 121 Å². The fourth-order valence-corrected chi connectivity index (χ4v) is 5.02. The van der Waals surface area contributed by atoms with Crippen molar-refractivity contribution >= 4 is 0 Å². The smallest absolute Gasteiger partial charge is 0.159 e. The Kier molecular flexibility index (Phi) is 12.4. The summed E-state index contributed by atoms with van der Waals surface area (Å²) in [5, 5.41) is 0. The van der Waals surface area contributed by atoms with E-state index in [1.807, 2.05) is 12.4 Å². The number of ether oxygens (including phenoxy) is 1. The lowest BCUT2D eigenvalue weighted by Gasteiger charge is -2.21. The number of rotatable bonds is 16. The number of hydrogen-bond acceptors (Lipinski definition) is 3. The lowest BCUT2D eigenvalue weighted by Crippen LogP contribution is -2.05. The van der Waals surface area contributed by atoms with Crippen LogP contribution in [0, 0.1) is 5.92 Å². The van der Waals surface area contributed by atoms with Gasteiger partial charge in [0, 0.05) is 5.56 Å². The molecule has 0 aliphatic heterocycles. The number of benzene rings is 1. The second kappa shape index (κ2) is 15.9. The minimum atomic E-state index is 0.757. The quantitative estimate of drug-likeness (QED) is 0.239. The Labute approximate surface area is 202 Å². The number of nitrogens with zero attached hydrogens (tertiary/aromatic N) is 2. The van der Waals surface area contributed by atoms with Crippen molar-refractivity contribution in [2.75, 3.05) is 6.61 Å². The first kappa shape index (κ1) is 25.7. The van der Waals surface area contributed by atoms with E-state index in [0.29, 0.717) is 0 Å². The number of unbranched alkanes of at least 4 members (excludes halogenated alkanes) is 8. The monoisotopic (exact) mass is 450 g/mol. The maximum atomic E-state index is 5.83. The van der Waals surface area contributed by atoms with Gasteiger partial charge in [0.2, 0.25) is 0 Å². The minimum Gasteiger partial charge on any atom is -0.490 e. The first-order valence-electron chi connectivity index (χ1n) is 13.9. The molecule has 1 aliphatic carbocycles. The molecule has 0 N–H and O–H groups in total. The van der Waals surface area contributed by atoms with E-state index < -0.39 is 0 Å². The molecular formula is C30H46N2O. The standard InChI is InChI=1S/C30H46N2O/c1-2-3-4-5-6-7-8-14-23-33-29-24-31-30(32-25-29)28-21-19-27(20-22-28)18-13-12-17-26-15-10-9-11-16-26/h19-22,24-26H,2-18,23H2,1H3. The summed E-state index contributed by atoms with van der Waals surface area (Å²) in [4.78, 5) is 9.05. The third kappa shape index (κ3) is 10.3. The van der Waals surface area contributed by atoms with Crippen LogP contribution in [0.5, 0.6) is 5.75 Å². The zero-order valence-electron chi connectivity index (χ0n) is 21.1. The largest absolute Gasteiger partial charge is 0.490 e. The van der Waals surface area contributed by atoms with Crippen LogP contribution in [0.2, 0.25) is 0 Å². The topological polar surface area (TPSA) is 35.0 Å². The molecule has 1 aliphatic rings. The summed E-state index contributed by atoms with van der Waals surface area (Å²) in [6, 6.07) is 8.80. The number of aromatic nitrogens is 2. The van der Waals surface area contributed by atoms with Crippen LogP contribution in [0.25, 0.3) is 11.4 Å². The lowest BCUT2D eigenvalue weighted by molar-refractivity contribution is 0.302. The Hall–Kier alpha value is -1.90. The molecule has 1 aromatic carbocycles. The van der Waals surface area contributed by atoms with Gasteiger partial charge in [0.1, 0.15) is 0 Å². The van der Waals surface area contributed by atoms with Crippen LogP contribution < -0.4 is 4.74 Å². The Morgan fingerprint density at radius 2 is 1.42 bits per heavy atom. The fraction of sp³-hybridized carbons (Fsp3) is 0.667. The van der Waals surface area contributed by atoms with Gasteiger partial charge in [0.25, 0.3) is 0 Å². The Morgan fingerprint density at radius 3 is 2.12 bits per heavy atom. The average Bonchev–Trinajstić information content (AvgIpc) is 2.87. The second-order valence-corrected chi connectivity index (χ2v) is 10.0. The zero-order chi connectivity index (χ0) is 23.0. The molecule has 1 fully saturated rings. The van der Waals surface area contributed by atoms with Crippen LogP contribution in [0.15, 0.2) is 36.7 Å². The van der Waals surface area contributed by atoms with Gasteiger partial charge in [-0.2, -0.15) is 0 Å². The molecule has 0 bridgehead atoms. The minimum absolute atomic E-state index is 0.757. The molecule has 1 heterocycles. The summed E-state index contributed by atoms with van der Waals surface area (Å²) in [6.07, 6.45) is 26.7. The van der Waals surface area contributed by atoms with E-state index >= 15 is 0 Å². The van der Waals surface area contributed by atoms with Crippen molar-refractivity contribution in [3.05, 3.63) is 42.2 Å². The Bertz CT molecular complexity index is 735. The number of aryl methyl sites for hydroxylation is 1. The summed E-state index contributed by atoms with van der Waals surface area (Å²) in [5.74, 6) is 2.56. The van der Waals surface area contributed by atoms with Crippen molar-refractivity contribution in [3.8, 4) is 17.1 Å². The van der Waals surface area contributed by atoms with Crippen LogP contribution in [-0.4, -0.2) is 16.6 Å². The molecule has 0 unspecified atom stereocenters. The first-order chi connectivity index (χ1) is 16.3. The van der Waals surface area contributed by atoms with Crippen molar-refractivity contribution in [1.29, 1.82) is 0 Å². The predicted molar refractivity (Wildman–Crippen MR) is 140 cm³/mol. The normalized spacial score (nSPS) is 14.5. The molecule has 0 radical (unpaired) electrons. The molecule has 0 amide bonds. The molecule has 3 rings (SSSR count). The third-order valence-electron chi connectivity index (χ3n) is 7.16. The molecule has 2 aromatic rings. The van der Waals surface area contributed by atoms with Gasteiger partial charge in [-0.15, -0.1) is 0 Å². The van der Waals surface area contributed by atoms with E-state index in [9.17, 15) is 0 Å². The molecule has 0 saturated heterocycles. The van der Waals surface area contributed by atoms with Gasteiger partial charge in [-0.25, -0.2) is 9.97 Å². The maximum absolute atomic E-state index is 5.83. The van der Waals surface area contributed by atoms with E-state index in [1.54, 1.807) is 0 Å². The second-order valence-electron chi connectivity index (χ2n) is 10.0. The average molecular weight is 451 g/mol. The summed E-state index contributed by atoms with van der Waals surface area (Å²) in [6.45, 7) is 3.02. The number of hydrogen-bond donors (Lipinski definition) is 0. The molecule has 1 aromatic heterocycles. The van der Waals surface area contributed by atoms with E-state index in [-0.39, 0.29) is 0 Å². The van der Waals surface area contributed by atoms with Crippen molar-refractivity contribution in [2.24, 2.45) is 5.92 Å². The molecule has 0 atom stereocenters. The highest BCUT2D eigenvalue weighted by molar-refractivity contribution is 5.55. The van der Waals surface area contributed by atoms with Crippen molar-refractivity contribution in [2.45, 2.75) is 116 Å². The Balaban J connectivity index is 1.29. The third-order valence-corrected chi connectivity index (χ3v) is 7.16. The van der Waals surface area contributed by atoms with Crippen LogP contribution in [0.3, 0.4) is 0 Å². The Morgan fingerprint density at radius 1 is 0.758 bits per heavy atom. The summed E-state index contributed by atoms with van der Waals surface area (Å²) >= 11 is 0. The molecule has 3 nitrogen and oxygen atoms in total. The predicted octanol–water partition coefficient (Wildman–Crippen LogP) is 8.96. The van der Waals surface area contributed by atoms with Gasteiger partial charge in [0.15, 0.2) is 11.6 Å². The van der Waals surface area contributed by atoms with Crippen LogP contribution in [0.4, 0.5) is 0 Å². The van der Waals surface area contributed by atoms with Gasteiger partial charge >= 0.3 is 0 Å². The van der Waals surface area contributed by atoms with Gasteiger partial charge in [-0.3, -0.25) is 0 Å². The van der Waals surface area contributed by atoms with Crippen LogP contribution in [0.1, 0.15) is 115 Å². The zero-order valence-corrected chi connectivity index (χ0v) is 21.1. The molecule has 3 heteroatoms. The van der Waals surface area contributed by atoms with Gasteiger partial charge in [-0.05, 0) is 30.7 Å². The van der Waals surface area contributed by atoms with Crippen molar-refractivity contribution in [1.82, 2.24) is 9.97 Å². The molecule has 33 heavy (non-hydrogen) atoms. The van der Waals surface area contributed by atoms with E-state index in [1.165, 1.54) is 108 Å². The molecule has 1 saturated carbocycles. The van der Waals surface area contributed by atoms with Gasteiger partial charge in [0.05, 0.1) is 19.0 Å². The van der Waals surface area contributed by atoms with E-state index in [4.69, 9.17) is 4.74 Å². The highest BCUT2D eigenvalue weighted by Crippen LogP contribution is 2.28.